The number of allylic oxidation sites excluding steroid dienone is 1. The van der Waals surface area contributed by atoms with Gasteiger partial charge < -0.3 is 4.98 Å². The Morgan fingerprint density at radius 3 is 3.04 bits per heavy atom. The van der Waals surface area contributed by atoms with Crippen LogP contribution in [0.1, 0.15) is 22.5 Å². The molecule has 0 aromatic carbocycles. The predicted octanol–water partition coefficient (Wildman–Crippen LogP) is 2.08. The van der Waals surface area contributed by atoms with Crippen LogP contribution in [-0.4, -0.2) is 36.2 Å². The van der Waals surface area contributed by atoms with Gasteiger partial charge in [0.15, 0.2) is 5.82 Å². The van der Waals surface area contributed by atoms with Gasteiger partial charge in [0, 0.05) is 44.0 Å². The molecule has 1 aliphatic rings. The number of aromatic amines is 1. The van der Waals surface area contributed by atoms with Crippen molar-refractivity contribution in [2.75, 3.05) is 6.54 Å². The minimum Gasteiger partial charge on any atom is -0.305 e. The van der Waals surface area contributed by atoms with Gasteiger partial charge in [-0.15, -0.1) is 6.58 Å². The molecule has 3 aromatic heterocycles. The van der Waals surface area contributed by atoms with Crippen LogP contribution < -0.4 is 5.56 Å². The van der Waals surface area contributed by atoms with E-state index in [-0.39, 0.29) is 5.56 Å². The molecule has 7 heteroatoms. The molecule has 4 rings (SSSR count). The fraction of sp³-hybridized carbons (Fsp3) is 0.300. The lowest BCUT2D eigenvalue weighted by atomic mass is 10.1. The van der Waals surface area contributed by atoms with E-state index in [9.17, 15) is 4.79 Å². The molecule has 1 N–H and O–H groups in total. The van der Waals surface area contributed by atoms with Crippen LogP contribution in [0.25, 0.3) is 11.5 Å². The summed E-state index contributed by atoms with van der Waals surface area (Å²) in [6, 6.07) is 5.58. The second kappa shape index (κ2) is 7.28. The van der Waals surface area contributed by atoms with Gasteiger partial charge >= 0.3 is 0 Å². The van der Waals surface area contributed by atoms with Crippen molar-refractivity contribution >= 4 is 0 Å². The van der Waals surface area contributed by atoms with Gasteiger partial charge in [-0.25, -0.2) is 4.98 Å². The summed E-state index contributed by atoms with van der Waals surface area (Å²) in [5.74, 6) is 0.536. The molecular formula is C20H22N6O. The van der Waals surface area contributed by atoms with Gasteiger partial charge in [-0.3, -0.25) is 19.4 Å². The molecule has 0 aliphatic carbocycles. The molecule has 0 spiro atoms. The lowest BCUT2D eigenvalue weighted by Crippen LogP contribution is -2.35. The fourth-order valence-corrected chi connectivity index (χ4v) is 3.42. The summed E-state index contributed by atoms with van der Waals surface area (Å²) in [6.45, 7) is 8.68. The van der Waals surface area contributed by atoms with Crippen molar-refractivity contribution < 1.29 is 0 Å². The topological polar surface area (TPSA) is 79.7 Å². The van der Waals surface area contributed by atoms with E-state index >= 15 is 0 Å². The van der Waals surface area contributed by atoms with Gasteiger partial charge in [0.1, 0.15) is 5.69 Å². The highest BCUT2D eigenvalue weighted by Crippen LogP contribution is 2.19. The maximum Gasteiger partial charge on any atom is 0.255 e. The van der Waals surface area contributed by atoms with E-state index in [1.807, 2.05) is 35.9 Å². The van der Waals surface area contributed by atoms with Crippen LogP contribution in [0.3, 0.4) is 0 Å². The van der Waals surface area contributed by atoms with E-state index in [1.54, 1.807) is 6.20 Å². The summed E-state index contributed by atoms with van der Waals surface area (Å²) in [5, 5.41) is 4.50. The first-order chi connectivity index (χ1) is 13.1. The number of rotatable bonds is 5. The lowest BCUT2D eigenvalue weighted by Gasteiger charge is -2.27. The lowest BCUT2D eigenvalue weighted by molar-refractivity contribution is 0.241. The molecule has 27 heavy (non-hydrogen) atoms. The van der Waals surface area contributed by atoms with E-state index in [4.69, 9.17) is 0 Å². The minimum atomic E-state index is -0.0792. The van der Waals surface area contributed by atoms with Crippen LogP contribution >= 0.6 is 0 Å². The molecular weight excluding hydrogens is 340 g/mol. The quantitative estimate of drug-likeness (QED) is 0.703. The second-order valence-corrected chi connectivity index (χ2v) is 6.77. The molecule has 0 amide bonds. The summed E-state index contributed by atoms with van der Waals surface area (Å²) in [5.41, 5.74) is 4.41. The number of nitrogens with zero attached hydrogens (tertiary/aromatic N) is 5. The van der Waals surface area contributed by atoms with Crippen LogP contribution in [0.15, 0.2) is 48.0 Å². The van der Waals surface area contributed by atoms with Crippen LogP contribution in [0.4, 0.5) is 0 Å². The third-order valence-corrected chi connectivity index (χ3v) is 4.81. The minimum absolute atomic E-state index is 0.0792. The third-order valence-electron chi connectivity index (χ3n) is 4.81. The highest BCUT2D eigenvalue weighted by atomic mass is 16.1. The normalized spacial score (nSPS) is 14.1. The number of hydrogen-bond donors (Lipinski definition) is 1. The Bertz CT molecular complexity index is 1020. The van der Waals surface area contributed by atoms with E-state index < -0.39 is 0 Å². The number of hydrogen-bond acceptors (Lipinski definition) is 5. The maximum absolute atomic E-state index is 12.6. The van der Waals surface area contributed by atoms with Crippen molar-refractivity contribution in [2.24, 2.45) is 0 Å². The maximum atomic E-state index is 12.6. The first kappa shape index (κ1) is 17.4. The van der Waals surface area contributed by atoms with Crippen molar-refractivity contribution in [1.82, 2.24) is 29.6 Å². The Morgan fingerprint density at radius 2 is 2.26 bits per heavy atom. The number of nitrogens with one attached hydrogen (secondary N) is 1. The largest absolute Gasteiger partial charge is 0.305 e. The molecule has 3 aromatic rings. The van der Waals surface area contributed by atoms with Gasteiger partial charge in [0.25, 0.3) is 5.56 Å². The summed E-state index contributed by atoms with van der Waals surface area (Å²) in [4.78, 5) is 26.7. The molecule has 0 atom stereocenters. The zero-order valence-corrected chi connectivity index (χ0v) is 15.4. The molecule has 0 fully saturated rings. The predicted molar refractivity (Wildman–Crippen MR) is 103 cm³/mol. The van der Waals surface area contributed by atoms with Crippen LogP contribution in [0.5, 0.6) is 0 Å². The highest BCUT2D eigenvalue weighted by molar-refractivity contribution is 5.49. The van der Waals surface area contributed by atoms with Gasteiger partial charge in [0.05, 0.1) is 23.5 Å². The number of aryl methyl sites for hydroxylation is 1. The molecule has 4 heterocycles. The number of aromatic nitrogens is 5. The molecule has 0 bridgehead atoms. The summed E-state index contributed by atoms with van der Waals surface area (Å²) in [7, 11) is 0. The molecule has 7 nitrogen and oxygen atoms in total. The van der Waals surface area contributed by atoms with Crippen LogP contribution in [-0.2, 0) is 26.1 Å². The third kappa shape index (κ3) is 3.59. The van der Waals surface area contributed by atoms with Gasteiger partial charge in [-0.2, -0.15) is 5.10 Å². The van der Waals surface area contributed by atoms with E-state index in [0.29, 0.717) is 24.6 Å². The fourth-order valence-electron chi connectivity index (χ4n) is 3.42. The van der Waals surface area contributed by atoms with Crippen molar-refractivity contribution in [3.63, 3.8) is 0 Å². The van der Waals surface area contributed by atoms with Crippen LogP contribution in [0.2, 0.25) is 0 Å². The van der Waals surface area contributed by atoms with Gasteiger partial charge in [-0.1, -0.05) is 12.1 Å². The SMILES string of the molecule is C=CCn1cc(CN2CCc3nc(-c4ccccn4)[nH]c(=O)c3C2)c(C)n1. The number of pyridine rings is 1. The molecule has 0 saturated carbocycles. The summed E-state index contributed by atoms with van der Waals surface area (Å²) < 4.78 is 1.89. The first-order valence-electron chi connectivity index (χ1n) is 9.03. The molecule has 138 valence electrons. The standard InChI is InChI=1S/C20H22N6O/c1-3-9-26-12-15(14(2)24-26)11-25-10-7-17-16(13-25)20(27)23-19(22-17)18-6-4-5-8-21-18/h3-6,8,12H,1,7,9-11,13H2,2H3,(H,22,23,27). The van der Waals surface area contributed by atoms with Gasteiger partial charge in [0.2, 0.25) is 0 Å². The summed E-state index contributed by atoms with van der Waals surface area (Å²) >= 11 is 0. The first-order valence-corrected chi connectivity index (χ1v) is 9.03. The average molecular weight is 362 g/mol. The zero-order valence-electron chi connectivity index (χ0n) is 15.4. The van der Waals surface area contributed by atoms with E-state index in [2.05, 4.69) is 37.7 Å². The summed E-state index contributed by atoms with van der Waals surface area (Å²) in [6.07, 6.45) is 6.33. The van der Waals surface area contributed by atoms with Crippen molar-refractivity contribution in [2.45, 2.75) is 33.0 Å². The zero-order chi connectivity index (χ0) is 18.8. The second-order valence-electron chi connectivity index (χ2n) is 6.77. The number of H-pyrrole nitrogens is 1. The van der Waals surface area contributed by atoms with Gasteiger partial charge in [-0.05, 0) is 19.1 Å². The molecule has 0 unspecified atom stereocenters. The average Bonchev–Trinajstić information content (AvgIpc) is 3.02. The number of fused-ring (bicyclic) bond motifs is 1. The van der Waals surface area contributed by atoms with Crippen molar-refractivity contribution in [1.29, 1.82) is 0 Å². The Hall–Kier alpha value is -3.06. The van der Waals surface area contributed by atoms with Crippen molar-refractivity contribution in [3.8, 4) is 11.5 Å². The molecule has 1 aliphatic heterocycles. The van der Waals surface area contributed by atoms with Crippen LogP contribution in [0, 0.1) is 6.92 Å². The molecule has 0 saturated heterocycles. The Morgan fingerprint density at radius 1 is 1.37 bits per heavy atom. The van der Waals surface area contributed by atoms with E-state index in [0.717, 1.165) is 36.5 Å². The Balaban J connectivity index is 1.55. The Labute approximate surface area is 157 Å². The monoisotopic (exact) mass is 362 g/mol. The Kier molecular flexibility index (Phi) is 4.68. The highest BCUT2D eigenvalue weighted by Gasteiger charge is 2.22. The smallest absolute Gasteiger partial charge is 0.255 e. The van der Waals surface area contributed by atoms with Crippen molar-refractivity contribution in [3.05, 3.63) is 76.1 Å². The van der Waals surface area contributed by atoms with E-state index in [1.165, 1.54) is 5.56 Å². The molecule has 0 radical (unpaired) electrons.